The predicted octanol–water partition coefficient (Wildman–Crippen LogP) is 1.42. The van der Waals surface area contributed by atoms with Gasteiger partial charge in [-0.2, -0.15) is 4.73 Å². The molecular weight excluding hydrogens is 312 g/mol. The Morgan fingerprint density at radius 3 is 2.83 bits per heavy atom. The molecule has 24 heavy (non-hydrogen) atoms. The number of carbonyl (C=O) groups excluding carboxylic acids is 3. The van der Waals surface area contributed by atoms with Crippen LogP contribution in [0.2, 0.25) is 0 Å². The molecule has 0 bridgehead atoms. The van der Waals surface area contributed by atoms with Crippen molar-refractivity contribution in [2.45, 2.75) is 12.8 Å². The van der Waals surface area contributed by atoms with Crippen LogP contribution in [-0.4, -0.2) is 24.3 Å². The molecule has 1 atom stereocenters. The normalized spacial score (nSPS) is 15.5. The maximum Gasteiger partial charge on any atom is 0.405 e. The highest BCUT2D eigenvalue weighted by Gasteiger charge is 2.27. The number of nitrogens with one attached hydrogen (secondary N) is 1. The van der Waals surface area contributed by atoms with Crippen molar-refractivity contribution in [3.05, 3.63) is 64.6 Å². The van der Waals surface area contributed by atoms with Crippen LogP contribution >= 0.6 is 0 Å². The van der Waals surface area contributed by atoms with E-state index in [4.69, 9.17) is 4.74 Å². The molecule has 1 aliphatic heterocycles. The van der Waals surface area contributed by atoms with Crippen molar-refractivity contribution < 1.29 is 23.9 Å². The van der Waals surface area contributed by atoms with E-state index >= 15 is 0 Å². The molecule has 0 radical (unpaired) electrons. The smallest absolute Gasteiger partial charge is 0.405 e. The van der Waals surface area contributed by atoms with Crippen LogP contribution in [0.25, 0.3) is 0 Å². The maximum atomic E-state index is 12.2. The molecule has 0 aliphatic carbocycles. The third kappa shape index (κ3) is 2.83. The topological polar surface area (TPSA) is 99.4 Å². The Morgan fingerprint density at radius 1 is 1.29 bits per heavy atom. The van der Waals surface area contributed by atoms with Gasteiger partial charge in [0, 0.05) is 23.4 Å². The number of benzene rings is 1. The Balaban J connectivity index is 1.69. The first kappa shape index (κ1) is 15.7. The number of anilines is 1. The largest absolute Gasteiger partial charge is 0.618 e. The summed E-state index contributed by atoms with van der Waals surface area (Å²) >= 11 is 0. The first-order valence-corrected chi connectivity index (χ1v) is 7.30. The van der Waals surface area contributed by atoms with Crippen LogP contribution in [0.5, 0.6) is 0 Å². The Hall–Kier alpha value is -3.22. The van der Waals surface area contributed by atoms with Crippen LogP contribution < -0.4 is 10.0 Å². The van der Waals surface area contributed by atoms with Crippen molar-refractivity contribution in [2.75, 3.05) is 11.9 Å². The first-order chi connectivity index (χ1) is 11.5. The summed E-state index contributed by atoms with van der Waals surface area (Å²) in [6.07, 6.45) is 1.17. The Morgan fingerprint density at radius 2 is 2.08 bits per heavy atom. The SMILES string of the molecule is C[C@H]1C(=O)Nc2ccc(C(=O)COC(=O)c3cccc[n+]3[O-])cc21. The molecular formula is C17H14N2O5. The van der Waals surface area contributed by atoms with Gasteiger partial charge < -0.3 is 15.3 Å². The zero-order valence-electron chi connectivity index (χ0n) is 12.8. The summed E-state index contributed by atoms with van der Waals surface area (Å²) in [7, 11) is 0. The zero-order chi connectivity index (χ0) is 17.3. The number of rotatable bonds is 4. The molecule has 7 heteroatoms. The Kier molecular flexibility index (Phi) is 3.99. The highest BCUT2D eigenvalue weighted by Crippen LogP contribution is 2.32. The minimum absolute atomic E-state index is 0.120. The van der Waals surface area contributed by atoms with E-state index in [0.717, 1.165) is 5.56 Å². The fourth-order valence-corrected chi connectivity index (χ4v) is 2.47. The van der Waals surface area contributed by atoms with Crippen LogP contribution in [0.4, 0.5) is 5.69 Å². The Labute approximate surface area is 137 Å². The number of pyridine rings is 1. The number of aromatic nitrogens is 1. The second-order valence-electron chi connectivity index (χ2n) is 5.42. The van der Waals surface area contributed by atoms with E-state index in [-0.39, 0.29) is 17.5 Å². The predicted molar refractivity (Wildman–Crippen MR) is 83.5 cm³/mol. The van der Waals surface area contributed by atoms with Crippen LogP contribution in [0.1, 0.15) is 39.3 Å². The van der Waals surface area contributed by atoms with Gasteiger partial charge in [-0.1, -0.05) is 0 Å². The van der Waals surface area contributed by atoms with Crippen molar-refractivity contribution in [3.8, 4) is 0 Å². The molecule has 0 fully saturated rings. The molecule has 0 spiro atoms. The summed E-state index contributed by atoms with van der Waals surface area (Å²) in [4.78, 5) is 35.6. The van der Waals surface area contributed by atoms with Crippen LogP contribution in [-0.2, 0) is 9.53 Å². The minimum Gasteiger partial charge on any atom is -0.618 e. The summed E-state index contributed by atoms with van der Waals surface area (Å²) in [5, 5.41) is 14.2. The number of hydrogen-bond donors (Lipinski definition) is 1. The Bertz CT molecular complexity index is 847. The van der Waals surface area contributed by atoms with Crippen molar-refractivity contribution in [1.29, 1.82) is 0 Å². The third-order valence-corrected chi connectivity index (χ3v) is 3.86. The van der Waals surface area contributed by atoms with Gasteiger partial charge in [-0.15, -0.1) is 0 Å². The van der Waals surface area contributed by atoms with E-state index in [1.807, 2.05) is 0 Å². The zero-order valence-corrected chi connectivity index (χ0v) is 12.8. The molecule has 122 valence electrons. The first-order valence-electron chi connectivity index (χ1n) is 7.30. The van der Waals surface area contributed by atoms with Crippen molar-refractivity contribution in [1.82, 2.24) is 0 Å². The number of fused-ring (bicyclic) bond motifs is 1. The highest BCUT2D eigenvalue weighted by atomic mass is 16.5. The van der Waals surface area contributed by atoms with Crippen LogP contribution in [0.3, 0.4) is 0 Å². The van der Waals surface area contributed by atoms with Gasteiger partial charge in [0.1, 0.15) is 0 Å². The summed E-state index contributed by atoms with van der Waals surface area (Å²) in [6, 6.07) is 9.14. The number of hydrogen-bond acceptors (Lipinski definition) is 5. The number of amides is 1. The van der Waals surface area contributed by atoms with Gasteiger partial charge in [-0.25, -0.2) is 4.79 Å². The maximum absolute atomic E-state index is 12.2. The monoisotopic (exact) mass is 326 g/mol. The lowest BCUT2D eigenvalue weighted by molar-refractivity contribution is -0.608. The van der Waals surface area contributed by atoms with Crippen molar-refractivity contribution in [3.63, 3.8) is 0 Å². The van der Waals surface area contributed by atoms with Crippen LogP contribution in [0, 0.1) is 5.21 Å². The van der Waals surface area contributed by atoms with Gasteiger partial charge in [0.2, 0.25) is 5.91 Å². The molecule has 2 aromatic rings. The lowest BCUT2D eigenvalue weighted by atomic mass is 9.99. The molecule has 7 nitrogen and oxygen atoms in total. The number of Topliss-reactive ketones (excluding diaryl/α,β-unsaturated/α-hetero) is 1. The summed E-state index contributed by atoms with van der Waals surface area (Å²) in [5.41, 5.74) is 1.56. The summed E-state index contributed by atoms with van der Waals surface area (Å²) in [6.45, 7) is 1.26. The molecule has 2 heterocycles. The number of carbonyl (C=O) groups is 3. The number of nitrogens with zero attached hydrogens (tertiary/aromatic N) is 1. The fourth-order valence-electron chi connectivity index (χ4n) is 2.47. The second-order valence-corrected chi connectivity index (χ2v) is 5.42. The van der Waals surface area contributed by atoms with Crippen molar-refractivity contribution >= 4 is 23.3 Å². The van der Waals surface area contributed by atoms with E-state index in [2.05, 4.69) is 5.32 Å². The quantitative estimate of drug-likeness (QED) is 0.396. The molecule has 1 aromatic heterocycles. The molecule has 0 saturated carbocycles. The molecule has 1 aliphatic rings. The van der Waals surface area contributed by atoms with E-state index in [1.54, 1.807) is 25.1 Å². The standard InChI is InChI=1S/C17H14N2O5/c1-10-12-8-11(5-6-13(12)18-16(10)21)15(20)9-24-17(22)14-4-2-3-7-19(14)23/h2-8,10H,9H2,1H3,(H,18,21)/t10-/m1/s1. The van der Waals surface area contributed by atoms with Crippen LogP contribution in [0.15, 0.2) is 42.6 Å². The lowest BCUT2D eigenvalue weighted by Crippen LogP contribution is -2.35. The van der Waals surface area contributed by atoms with E-state index in [0.29, 0.717) is 16.0 Å². The third-order valence-electron chi connectivity index (χ3n) is 3.86. The minimum atomic E-state index is -0.870. The molecule has 1 aromatic carbocycles. The summed E-state index contributed by atoms with van der Waals surface area (Å²) in [5.74, 6) is -1.74. The number of esters is 1. The molecule has 1 amide bonds. The van der Waals surface area contributed by atoms with E-state index in [9.17, 15) is 19.6 Å². The van der Waals surface area contributed by atoms with Gasteiger partial charge in [0.05, 0.1) is 5.92 Å². The number of ether oxygens (including phenoxy) is 1. The number of ketones is 1. The average Bonchev–Trinajstić information content (AvgIpc) is 2.87. The average molecular weight is 326 g/mol. The van der Waals surface area contributed by atoms with E-state index in [1.165, 1.54) is 24.4 Å². The molecule has 0 unspecified atom stereocenters. The lowest BCUT2D eigenvalue weighted by Gasteiger charge is -2.07. The van der Waals surface area contributed by atoms with Crippen molar-refractivity contribution in [2.24, 2.45) is 0 Å². The van der Waals surface area contributed by atoms with Gasteiger partial charge in [0.25, 0.3) is 0 Å². The molecule has 3 rings (SSSR count). The summed E-state index contributed by atoms with van der Waals surface area (Å²) < 4.78 is 5.28. The van der Waals surface area contributed by atoms with E-state index < -0.39 is 18.4 Å². The fraction of sp³-hybridized carbons (Fsp3) is 0.176. The van der Waals surface area contributed by atoms with Gasteiger partial charge >= 0.3 is 11.7 Å². The second kappa shape index (κ2) is 6.11. The van der Waals surface area contributed by atoms with Gasteiger partial charge in [-0.3, -0.25) is 9.59 Å². The van der Waals surface area contributed by atoms with Gasteiger partial charge in [-0.05, 0) is 36.8 Å². The molecule has 0 saturated heterocycles. The highest BCUT2D eigenvalue weighted by molar-refractivity contribution is 6.05. The van der Waals surface area contributed by atoms with Gasteiger partial charge in [0.15, 0.2) is 18.6 Å². The molecule has 1 N–H and O–H groups in total.